The standard InChI is InChI=1S/C17H24N2O3S/c1-3-22-12(2)15-18-13(11-23-15)10-19-14(20)9-17(16(19)21)7-5-4-6-8-17/h11-12H,3-10H2,1-2H3. The molecule has 3 rings (SSSR count). The van der Waals surface area contributed by atoms with Crippen LogP contribution in [0.1, 0.15) is 69.2 Å². The first kappa shape index (κ1) is 16.6. The van der Waals surface area contributed by atoms with E-state index in [4.69, 9.17) is 4.74 Å². The van der Waals surface area contributed by atoms with Gasteiger partial charge in [0.05, 0.1) is 17.7 Å². The van der Waals surface area contributed by atoms with Crippen LogP contribution in [0.25, 0.3) is 0 Å². The SMILES string of the molecule is CCOC(C)c1nc(CN2C(=O)CC3(CCCCC3)C2=O)cs1. The summed E-state index contributed by atoms with van der Waals surface area (Å²) in [6.07, 6.45) is 5.34. The molecule has 6 heteroatoms. The molecule has 1 aliphatic carbocycles. The first-order valence-corrected chi connectivity index (χ1v) is 9.34. The van der Waals surface area contributed by atoms with Crippen molar-refractivity contribution in [1.29, 1.82) is 0 Å². The van der Waals surface area contributed by atoms with E-state index in [1.807, 2.05) is 19.2 Å². The summed E-state index contributed by atoms with van der Waals surface area (Å²) in [5.41, 5.74) is 0.374. The number of carbonyl (C=O) groups excluding carboxylic acids is 2. The third-order valence-electron chi connectivity index (χ3n) is 4.95. The highest BCUT2D eigenvalue weighted by Gasteiger charge is 2.51. The van der Waals surface area contributed by atoms with Gasteiger partial charge in [-0.3, -0.25) is 14.5 Å². The topological polar surface area (TPSA) is 59.5 Å². The van der Waals surface area contributed by atoms with Crippen molar-refractivity contribution >= 4 is 23.2 Å². The fourth-order valence-corrected chi connectivity index (χ4v) is 4.52. The van der Waals surface area contributed by atoms with E-state index in [1.54, 1.807) is 0 Å². The molecule has 0 aromatic carbocycles. The number of thiazole rings is 1. The Morgan fingerprint density at radius 2 is 2.09 bits per heavy atom. The summed E-state index contributed by atoms with van der Waals surface area (Å²) >= 11 is 1.53. The van der Waals surface area contributed by atoms with Crippen LogP contribution in [0.4, 0.5) is 0 Å². The second-order valence-corrected chi connectivity index (χ2v) is 7.47. The lowest BCUT2D eigenvalue weighted by Gasteiger charge is -2.30. The molecule has 1 saturated carbocycles. The lowest BCUT2D eigenvalue weighted by atomic mass is 9.73. The van der Waals surface area contributed by atoms with Gasteiger partial charge >= 0.3 is 0 Å². The molecule has 1 aromatic heterocycles. The van der Waals surface area contributed by atoms with E-state index in [9.17, 15) is 9.59 Å². The number of ether oxygens (including phenoxy) is 1. The molecule has 2 aliphatic rings. The Morgan fingerprint density at radius 1 is 1.35 bits per heavy atom. The lowest BCUT2D eigenvalue weighted by molar-refractivity contribution is -0.143. The quantitative estimate of drug-likeness (QED) is 0.773. The number of imide groups is 1. The number of hydrogen-bond acceptors (Lipinski definition) is 5. The third kappa shape index (κ3) is 3.19. The van der Waals surface area contributed by atoms with Gasteiger partial charge in [0.15, 0.2) is 0 Å². The van der Waals surface area contributed by atoms with Crippen molar-refractivity contribution in [1.82, 2.24) is 9.88 Å². The van der Waals surface area contributed by atoms with E-state index in [2.05, 4.69) is 4.98 Å². The van der Waals surface area contributed by atoms with Crippen molar-refractivity contribution in [2.75, 3.05) is 6.61 Å². The molecule has 0 N–H and O–H groups in total. The molecular formula is C17H24N2O3S. The van der Waals surface area contributed by atoms with Crippen molar-refractivity contribution < 1.29 is 14.3 Å². The van der Waals surface area contributed by atoms with E-state index in [0.717, 1.165) is 36.4 Å². The normalized spacial score (nSPS) is 22.1. The van der Waals surface area contributed by atoms with Crippen LogP contribution in [0, 0.1) is 5.41 Å². The number of nitrogens with zero attached hydrogens (tertiary/aromatic N) is 2. The molecule has 0 bridgehead atoms. The van der Waals surface area contributed by atoms with Crippen LogP contribution < -0.4 is 0 Å². The van der Waals surface area contributed by atoms with E-state index in [1.165, 1.54) is 22.7 Å². The minimum absolute atomic E-state index is 0.0228. The number of aromatic nitrogens is 1. The highest BCUT2D eigenvalue weighted by atomic mass is 32.1. The zero-order valence-electron chi connectivity index (χ0n) is 13.8. The zero-order valence-corrected chi connectivity index (χ0v) is 14.7. The lowest BCUT2D eigenvalue weighted by Crippen LogP contribution is -2.36. The highest BCUT2D eigenvalue weighted by Crippen LogP contribution is 2.45. The monoisotopic (exact) mass is 336 g/mol. The molecule has 1 spiro atoms. The second kappa shape index (κ2) is 6.69. The van der Waals surface area contributed by atoms with E-state index in [0.29, 0.717) is 19.6 Å². The third-order valence-corrected chi connectivity index (χ3v) is 6.01. The summed E-state index contributed by atoms with van der Waals surface area (Å²) in [5.74, 6) is -0.0149. The molecule has 2 fully saturated rings. The second-order valence-electron chi connectivity index (χ2n) is 6.58. The molecule has 1 atom stereocenters. The number of hydrogen-bond donors (Lipinski definition) is 0. The molecule has 1 aromatic rings. The predicted octanol–water partition coefficient (Wildman–Crippen LogP) is 3.45. The van der Waals surface area contributed by atoms with Gasteiger partial charge in [-0.1, -0.05) is 19.3 Å². The summed E-state index contributed by atoms with van der Waals surface area (Å²) < 4.78 is 5.54. The molecule has 23 heavy (non-hydrogen) atoms. The first-order valence-electron chi connectivity index (χ1n) is 8.46. The Morgan fingerprint density at radius 3 is 2.78 bits per heavy atom. The minimum Gasteiger partial charge on any atom is -0.372 e. The molecule has 2 amide bonds. The number of amides is 2. The van der Waals surface area contributed by atoms with Crippen molar-refractivity contribution in [3.8, 4) is 0 Å². The number of rotatable bonds is 5. The van der Waals surface area contributed by atoms with Gasteiger partial charge in [-0.25, -0.2) is 4.98 Å². The fraction of sp³-hybridized carbons (Fsp3) is 0.706. The Bertz CT molecular complexity index is 592. The summed E-state index contributed by atoms with van der Waals surface area (Å²) in [4.78, 5) is 31.1. The predicted molar refractivity (Wildman–Crippen MR) is 87.8 cm³/mol. The Kier molecular flexibility index (Phi) is 4.82. The van der Waals surface area contributed by atoms with Crippen LogP contribution in [0.3, 0.4) is 0 Å². The summed E-state index contributed by atoms with van der Waals surface area (Å²) in [6, 6.07) is 0. The van der Waals surface area contributed by atoms with Gasteiger partial charge in [0.2, 0.25) is 11.8 Å². The molecule has 1 aliphatic heterocycles. The number of carbonyl (C=O) groups is 2. The molecule has 2 heterocycles. The summed E-state index contributed by atoms with van der Waals surface area (Å²) in [5, 5.41) is 2.82. The van der Waals surface area contributed by atoms with Crippen LogP contribution in [0.5, 0.6) is 0 Å². The largest absolute Gasteiger partial charge is 0.372 e. The van der Waals surface area contributed by atoms with Gasteiger partial charge in [-0.05, 0) is 26.7 Å². The van der Waals surface area contributed by atoms with E-state index >= 15 is 0 Å². The molecule has 1 unspecified atom stereocenters. The van der Waals surface area contributed by atoms with Crippen molar-refractivity contribution in [2.45, 2.75) is 65.0 Å². The van der Waals surface area contributed by atoms with E-state index < -0.39 is 5.41 Å². The molecule has 5 nitrogen and oxygen atoms in total. The van der Waals surface area contributed by atoms with Gasteiger partial charge in [-0.15, -0.1) is 11.3 Å². The first-order chi connectivity index (χ1) is 11.1. The Balaban J connectivity index is 1.70. The maximum atomic E-state index is 12.8. The fourth-order valence-electron chi connectivity index (χ4n) is 3.70. The smallest absolute Gasteiger partial charge is 0.236 e. The number of likely N-dealkylation sites (tertiary alicyclic amines) is 1. The van der Waals surface area contributed by atoms with Gasteiger partial charge in [0.1, 0.15) is 11.1 Å². The summed E-state index contributed by atoms with van der Waals surface area (Å²) in [6.45, 7) is 4.86. The van der Waals surface area contributed by atoms with Crippen LogP contribution in [-0.4, -0.2) is 28.3 Å². The average Bonchev–Trinajstić information content (AvgIpc) is 3.09. The Hall–Kier alpha value is -1.27. The minimum atomic E-state index is -0.410. The molecule has 126 valence electrons. The van der Waals surface area contributed by atoms with Crippen LogP contribution in [-0.2, 0) is 20.9 Å². The average molecular weight is 336 g/mol. The maximum absolute atomic E-state index is 12.8. The van der Waals surface area contributed by atoms with Crippen molar-refractivity contribution in [2.24, 2.45) is 5.41 Å². The van der Waals surface area contributed by atoms with Crippen LogP contribution >= 0.6 is 11.3 Å². The van der Waals surface area contributed by atoms with Crippen LogP contribution in [0.15, 0.2) is 5.38 Å². The van der Waals surface area contributed by atoms with Gasteiger partial charge in [-0.2, -0.15) is 0 Å². The Labute approximate surface area is 141 Å². The van der Waals surface area contributed by atoms with Crippen LogP contribution in [0.2, 0.25) is 0 Å². The maximum Gasteiger partial charge on any atom is 0.236 e. The molecule has 0 radical (unpaired) electrons. The highest BCUT2D eigenvalue weighted by molar-refractivity contribution is 7.09. The summed E-state index contributed by atoms with van der Waals surface area (Å²) in [7, 11) is 0. The van der Waals surface area contributed by atoms with E-state index in [-0.39, 0.29) is 17.9 Å². The van der Waals surface area contributed by atoms with Gasteiger partial charge in [0.25, 0.3) is 0 Å². The molecular weight excluding hydrogens is 312 g/mol. The van der Waals surface area contributed by atoms with Crippen molar-refractivity contribution in [3.63, 3.8) is 0 Å². The van der Waals surface area contributed by atoms with Crippen molar-refractivity contribution in [3.05, 3.63) is 16.1 Å². The molecule has 1 saturated heterocycles. The van der Waals surface area contributed by atoms with Gasteiger partial charge in [0, 0.05) is 18.4 Å². The zero-order chi connectivity index (χ0) is 16.4. The van der Waals surface area contributed by atoms with Gasteiger partial charge < -0.3 is 4.74 Å².